The fraction of sp³-hybridized carbons (Fsp3) is 0.500. The van der Waals surface area contributed by atoms with Crippen LogP contribution in [0, 0.1) is 5.41 Å². The van der Waals surface area contributed by atoms with Crippen LogP contribution in [0.3, 0.4) is 0 Å². The molecule has 0 radical (unpaired) electrons. The van der Waals surface area contributed by atoms with E-state index in [9.17, 15) is 22.8 Å². The highest BCUT2D eigenvalue weighted by Gasteiger charge is 2.48. The number of rotatable bonds is 7. The Balaban J connectivity index is 2.77. The number of carboxylic acid groups (broad SMARTS) is 1. The van der Waals surface area contributed by atoms with Gasteiger partial charge in [0.2, 0.25) is 5.91 Å². The van der Waals surface area contributed by atoms with E-state index in [1.54, 1.807) is 12.1 Å². The molecule has 0 atom stereocenters. The molecule has 1 aromatic rings. The van der Waals surface area contributed by atoms with Crippen LogP contribution >= 0.6 is 0 Å². The first-order valence-corrected chi connectivity index (χ1v) is 7.13. The summed E-state index contributed by atoms with van der Waals surface area (Å²) in [5, 5.41) is 8.87. The predicted octanol–water partition coefficient (Wildman–Crippen LogP) is 3.12. The third-order valence-electron chi connectivity index (χ3n) is 3.55. The zero-order chi connectivity index (χ0) is 17.7. The molecule has 4 nitrogen and oxygen atoms in total. The molecular formula is C16H20F3NO3. The van der Waals surface area contributed by atoms with E-state index in [1.165, 1.54) is 0 Å². The van der Waals surface area contributed by atoms with E-state index in [-0.39, 0.29) is 6.54 Å². The highest BCUT2D eigenvalue weighted by atomic mass is 19.4. The van der Waals surface area contributed by atoms with Gasteiger partial charge in [0.25, 0.3) is 0 Å². The minimum Gasteiger partial charge on any atom is -0.480 e. The molecule has 0 aromatic heterocycles. The van der Waals surface area contributed by atoms with Gasteiger partial charge in [-0.3, -0.25) is 9.59 Å². The first-order chi connectivity index (χ1) is 10.5. The van der Waals surface area contributed by atoms with E-state index >= 15 is 0 Å². The largest absolute Gasteiger partial charge is 0.480 e. The van der Waals surface area contributed by atoms with Crippen molar-refractivity contribution in [3.63, 3.8) is 0 Å². The van der Waals surface area contributed by atoms with Crippen molar-refractivity contribution >= 4 is 11.9 Å². The van der Waals surface area contributed by atoms with Gasteiger partial charge in [-0.25, -0.2) is 0 Å². The second-order valence-corrected chi connectivity index (χ2v) is 6.00. The van der Waals surface area contributed by atoms with Gasteiger partial charge in [-0.1, -0.05) is 44.2 Å². The minimum absolute atomic E-state index is 0.0586. The molecule has 1 aromatic carbocycles. The molecular weight excluding hydrogens is 311 g/mol. The average molecular weight is 331 g/mol. The standard InChI is InChI=1S/C16H20F3NO3/c1-15(2,16(17,18)19)10-13(21)20(11-14(22)23)9-8-12-6-4-3-5-7-12/h3-7H,8-11H2,1-2H3,(H,22,23). The molecule has 23 heavy (non-hydrogen) atoms. The number of hydrogen-bond donors (Lipinski definition) is 1. The Kier molecular flexibility index (Phi) is 6.18. The Morgan fingerprint density at radius 3 is 2.17 bits per heavy atom. The molecule has 1 rings (SSSR count). The van der Waals surface area contributed by atoms with Crippen LogP contribution in [0.1, 0.15) is 25.8 Å². The van der Waals surface area contributed by atoms with E-state index in [0.717, 1.165) is 24.3 Å². The molecule has 0 spiro atoms. The number of benzene rings is 1. The van der Waals surface area contributed by atoms with Crippen molar-refractivity contribution in [2.75, 3.05) is 13.1 Å². The smallest absolute Gasteiger partial charge is 0.394 e. The highest BCUT2D eigenvalue weighted by Crippen LogP contribution is 2.40. The third-order valence-corrected chi connectivity index (χ3v) is 3.55. The second-order valence-electron chi connectivity index (χ2n) is 6.00. The van der Waals surface area contributed by atoms with Crippen LogP contribution in [0.5, 0.6) is 0 Å². The van der Waals surface area contributed by atoms with Crippen LogP contribution in [-0.2, 0) is 16.0 Å². The Bertz CT molecular complexity index is 541. The third kappa shape index (κ3) is 5.92. The summed E-state index contributed by atoms with van der Waals surface area (Å²) in [6.45, 7) is 1.31. The van der Waals surface area contributed by atoms with Crippen molar-refractivity contribution in [3.05, 3.63) is 35.9 Å². The summed E-state index contributed by atoms with van der Waals surface area (Å²) in [6.07, 6.45) is -4.93. The van der Waals surface area contributed by atoms with Crippen LogP contribution in [0.2, 0.25) is 0 Å². The molecule has 7 heteroatoms. The maximum atomic E-state index is 12.9. The summed E-state index contributed by atoms with van der Waals surface area (Å²) < 4.78 is 38.7. The molecule has 0 aliphatic carbocycles. The topological polar surface area (TPSA) is 57.6 Å². The van der Waals surface area contributed by atoms with Gasteiger partial charge in [0.1, 0.15) is 6.54 Å². The number of aliphatic carboxylic acids is 1. The SMILES string of the molecule is CC(C)(CC(=O)N(CCc1ccccc1)CC(=O)O)C(F)(F)F. The van der Waals surface area contributed by atoms with Gasteiger partial charge in [-0.05, 0) is 12.0 Å². The Morgan fingerprint density at radius 1 is 1.13 bits per heavy atom. The van der Waals surface area contributed by atoms with E-state index in [2.05, 4.69) is 0 Å². The molecule has 0 fully saturated rings. The first kappa shape index (κ1) is 19.0. The number of carbonyl (C=O) groups is 2. The van der Waals surface area contributed by atoms with Crippen LogP contribution in [0.4, 0.5) is 13.2 Å². The normalized spacial score (nSPS) is 12.0. The number of carbonyl (C=O) groups excluding carboxylic acids is 1. The van der Waals surface area contributed by atoms with Crippen LogP contribution in [-0.4, -0.2) is 41.1 Å². The van der Waals surface area contributed by atoms with Crippen molar-refractivity contribution < 1.29 is 27.9 Å². The lowest BCUT2D eigenvalue weighted by Gasteiger charge is -2.30. The number of nitrogens with zero attached hydrogens (tertiary/aromatic N) is 1. The molecule has 0 heterocycles. The number of amides is 1. The van der Waals surface area contributed by atoms with Crippen molar-refractivity contribution in [3.8, 4) is 0 Å². The lowest BCUT2D eigenvalue weighted by Crippen LogP contribution is -2.42. The van der Waals surface area contributed by atoms with E-state index in [4.69, 9.17) is 5.11 Å². The molecule has 0 aliphatic rings. The predicted molar refractivity (Wildman–Crippen MR) is 78.8 cm³/mol. The average Bonchev–Trinajstić information content (AvgIpc) is 2.42. The zero-order valence-electron chi connectivity index (χ0n) is 13.1. The number of carboxylic acids is 1. The first-order valence-electron chi connectivity index (χ1n) is 7.13. The maximum Gasteiger partial charge on any atom is 0.394 e. The summed E-state index contributed by atoms with van der Waals surface area (Å²) in [5.74, 6) is -2.07. The van der Waals surface area contributed by atoms with E-state index < -0.39 is 36.4 Å². The van der Waals surface area contributed by atoms with E-state index in [0.29, 0.717) is 6.42 Å². The number of hydrogen-bond acceptors (Lipinski definition) is 2. The molecule has 0 saturated heterocycles. The summed E-state index contributed by atoms with van der Waals surface area (Å²) in [7, 11) is 0. The maximum absolute atomic E-state index is 12.9. The van der Waals surface area contributed by atoms with Gasteiger partial charge in [-0.2, -0.15) is 13.2 Å². The molecule has 128 valence electrons. The van der Waals surface area contributed by atoms with Gasteiger partial charge < -0.3 is 10.0 Å². The lowest BCUT2D eigenvalue weighted by atomic mass is 9.88. The summed E-state index contributed by atoms with van der Waals surface area (Å²) >= 11 is 0. The molecule has 0 saturated carbocycles. The summed E-state index contributed by atoms with van der Waals surface area (Å²) in [5.41, 5.74) is -1.32. The molecule has 0 bridgehead atoms. The Labute approximate surface area is 132 Å². The van der Waals surface area contributed by atoms with Crippen molar-refractivity contribution in [1.82, 2.24) is 4.90 Å². The fourth-order valence-electron chi connectivity index (χ4n) is 1.95. The number of alkyl halides is 3. The van der Waals surface area contributed by atoms with E-state index in [1.807, 2.05) is 18.2 Å². The quantitative estimate of drug-likeness (QED) is 0.835. The summed E-state index contributed by atoms with van der Waals surface area (Å²) in [4.78, 5) is 24.0. The van der Waals surface area contributed by atoms with Crippen LogP contribution < -0.4 is 0 Å². The van der Waals surface area contributed by atoms with Gasteiger partial charge in [-0.15, -0.1) is 0 Å². The Morgan fingerprint density at radius 2 is 1.70 bits per heavy atom. The van der Waals surface area contributed by atoms with Crippen LogP contribution in [0.25, 0.3) is 0 Å². The second kappa shape index (κ2) is 7.48. The molecule has 0 aliphatic heterocycles. The monoisotopic (exact) mass is 331 g/mol. The van der Waals surface area contributed by atoms with Gasteiger partial charge in [0, 0.05) is 13.0 Å². The van der Waals surface area contributed by atoms with Gasteiger partial charge >= 0.3 is 12.1 Å². The van der Waals surface area contributed by atoms with Gasteiger partial charge in [0.15, 0.2) is 0 Å². The Hall–Kier alpha value is -2.05. The van der Waals surface area contributed by atoms with Crippen molar-refractivity contribution in [2.45, 2.75) is 32.9 Å². The van der Waals surface area contributed by atoms with Crippen molar-refractivity contribution in [1.29, 1.82) is 0 Å². The summed E-state index contributed by atoms with van der Waals surface area (Å²) in [6, 6.07) is 9.03. The van der Waals surface area contributed by atoms with Crippen LogP contribution in [0.15, 0.2) is 30.3 Å². The molecule has 1 amide bonds. The minimum atomic E-state index is -4.53. The lowest BCUT2D eigenvalue weighted by molar-refractivity contribution is -0.215. The fourth-order valence-corrected chi connectivity index (χ4v) is 1.95. The highest BCUT2D eigenvalue weighted by molar-refractivity contribution is 5.81. The van der Waals surface area contributed by atoms with Crippen molar-refractivity contribution in [2.24, 2.45) is 5.41 Å². The zero-order valence-corrected chi connectivity index (χ0v) is 13.1. The molecule has 0 unspecified atom stereocenters. The number of halogens is 3. The van der Waals surface area contributed by atoms with Gasteiger partial charge in [0.05, 0.1) is 5.41 Å². The molecule has 1 N–H and O–H groups in total.